The van der Waals surface area contributed by atoms with Crippen molar-refractivity contribution >= 4 is 17.7 Å². The summed E-state index contributed by atoms with van der Waals surface area (Å²) in [6.45, 7) is 6.68. The van der Waals surface area contributed by atoms with Crippen LogP contribution in [0, 0.1) is 11.3 Å². The lowest BCUT2D eigenvalue weighted by Gasteiger charge is -2.34. The first-order chi connectivity index (χ1) is 16.7. The van der Waals surface area contributed by atoms with Crippen LogP contribution in [0.3, 0.4) is 0 Å². The zero-order valence-corrected chi connectivity index (χ0v) is 20.1. The summed E-state index contributed by atoms with van der Waals surface area (Å²) < 4.78 is 0. The van der Waals surface area contributed by atoms with Gasteiger partial charge in [-0.05, 0) is 35.4 Å². The molecule has 4 rings (SSSR count). The molecule has 1 heterocycles. The molecule has 174 valence electrons. The van der Waals surface area contributed by atoms with Gasteiger partial charge in [0.2, 0.25) is 0 Å². The first kappa shape index (κ1) is 24.0. The predicted molar refractivity (Wildman–Crippen MR) is 138 cm³/mol. The van der Waals surface area contributed by atoms with Gasteiger partial charge in [0.15, 0.2) is 0 Å². The number of carbonyl (C=O) groups is 1. The number of nitrogens with one attached hydrogen (secondary N) is 1. The second-order valence-electron chi connectivity index (χ2n) is 8.45. The maximum Gasteiger partial charge on any atom is 0.252 e. The third-order valence-electron chi connectivity index (χ3n) is 6.04. The molecule has 0 bridgehead atoms. The highest BCUT2D eigenvalue weighted by atomic mass is 32.2. The molecule has 0 aliphatic carbocycles. The Morgan fingerprint density at radius 1 is 0.853 bits per heavy atom. The number of hydrogen-bond acceptors (Lipinski definition) is 5. The van der Waals surface area contributed by atoms with E-state index in [1.54, 1.807) is 11.8 Å². The molecular weight excluding hydrogens is 440 g/mol. The second kappa shape index (κ2) is 12.4. The van der Waals surface area contributed by atoms with E-state index in [1.165, 1.54) is 5.56 Å². The van der Waals surface area contributed by atoms with Gasteiger partial charge in [0.05, 0.1) is 17.2 Å². The van der Waals surface area contributed by atoms with E-state index < -0.39 is 0 Å². The fraction of sp³-hybridized carbons (Fsp3) is 0.286. The van der Waals surface area contributed by atoms with Gasteiger partial charge in [-0.15, -0.1) is 11.8 Å². The molecule has 1 fully saturated rings. The topological polar surface area (TPSA) is 59.4 Å². The zero-order valence-electron chi connectivity index (χ0n) is 19.3. The number of rotatable bonds is 9. The summed E-state index contributed by atoms with van der Waals surface area (Å²) in [6.07, 6.45) is 0. The predicted octanol–water partition coefficient (Wildman–Crippen LogP) is 4.40. The minimum absolute atomic E-state index is 0.0226. The lowest BCUT2D eigenvalue weighted by atomic mass is 10.2. The van der Waals surface area contributed by atoms with Crippen LogP contribution in [0.4, 0.5) is 0 Å². The number of carbonyl (C=O) groups excluding carboxylic acids is 1. The first-order valence-electron chi connectivity index (χ1n) is 11.7. The van der Waals surface area contributed by atoms with Gasteiger partial charge in [0.1, 0.15) is 0 Å². The molecule has 0 atom stereocenters. The molecule has 0 aromatic heterocycles. The van der Waals surface area contributed by atoms with E-state index in [9.17, 15) is 4.79 Å². The number of nitriles is 1. The Balaban J connectivity index is 1.21. The van der Waals surface area contributed by atoms with E-state index in [2.05, 4.69) is 51.5 Å². The molecule has 3 aromatic carbocycles. The standard InChI is InChI=1S/C28H30N4OS/c29-20-23-10-12-25(13-11-23)22-34-27-9-5-4-8-26(27)28(33)30-14-15-31-16-18-32(19-17-31)21-24-6-2-1-3-7-24/h1-13H,14-19,21-22H2,(H,30,33). The largest absolute Gasteiger partial charge is 0.351 e. The number of hydrogen-bond donors (Lipinski definition) is 1. The quantitative estimate of drug-likeness (QED) is 0.470. The molecule has 0 radical (unpaired) electrons. The summed E-state index contributed by atoms with van der Waals surface area (Å²) in [5.74, 6) is 0.731. The fourth-order valence-corrected chi connectivity index (χ4v) is 5.06. The smallest absolute Gasteiger partial charge is 0.252 e. The average molecular weight is 471 g/mol. The third-order valence-corrected chi connectivity index (χ3v) is 7.18. The van der Waals surface area contributed by atoms with Gasteiger partial charge in [-0.3, -0.25) is 14.6 Å². The normalized spacial score (nSPS) is 14.4. The number of nitrogens with zero attached hydrogens (tertiary/aromatic N) is 3. The summed E-state index contributed by atoms with van der Waals surface area (Å²) in [5.41, 5.74) is 3.87. The average Bonchev–Trinajstić information content (AvgIpc) is 2.89. The number of thioether (sulfide) groups is 1. The summed E-state index contributed by atoms with van der Waals surface area (Å²) in [4.78, 5) is 18.8. The van der Waals surface area contributed by atoms with Gasteiger partial charge in [0, 0.05) is 56.5 Å². The van der Waals surface area contributed by atoms with Crippen LogP contribution >= 0.6 is 11.8 Å². The zero-order chi connectivity index (χ0) is 23.6. The lowest BCUT2D eigenvalue weighted by Crippen LogP contribution is -2.48. The Morgan fingerprint density at radius 2 is 1.53 bits per heavy atom. The SMILES string of the molecule is N#Cc1ccc(CSc2ccccc2C(=O)NCCN2CCN(Cc3ccccc3)CC2)cc1. The van der Waals surface area contributed by atoms with E-state index >= 15 is 0 Å². The van der Waals surface area contributed by atoms with Gasteiger partial charge < -0.3 is 5.32 Å². The Bertz CT molecular complexity index is 1100. The van der Waals surface area contributed by atoms with Crippen LogP contribution in [0.25, 0.3) is 0 Å². The fourth-order valence-electron chi connectivity index (χ4n) is 4.05. The van der Waals surface area contributed by atoms with Gasteiger partial charge in [-0.2, -0.15) is 5.26 Å². The highest BCUT2D eigenvalue weighted by molar-refractivity contribution is 7.98. The van der Waals surface area contributed by atoms with E-state index in [1.807, 2.05) is 48.5 Å². The summed E-state index contributed by atoms with van der Waals surface area (Å²) in [5, 5.41) is 12.1. The molecule has 34 heavy (non-hydrogen) atoms. The van der Waals surface area contributed by atoms with E-state index in [0.29, 0.717) is 17.7 Å². The maximum atomic E-state index is 12.9. The van der Waals surface area contributed by atoms with Crippen molar-refractivity contribution in [3.05, 3.63) is 101 Å². The highest BCUT2D eigenvalue weighted by Gasteiger charge is 2.17. The Labute approximate surface area is 206 Å². The molecule has 0 spiro atoms. The lowest BCUT2D eigenvalue weighted by molar-refractivity contribution is 0.0931. The molecule has 0 saturated carbocycles. The molecule has 3 aromatic rings. The van der Waals surface area contributed by atoms with Crippen LogP contribution in [-0.4, -0.2) is 55.0 Å². The number of benzene rings is 3. The first-order valence-corrected chi connectivity index (χ1v) is 12.7. The van der Waals surface area contributed by atoms with E-state index in [0.717, 1.165) is 55.5 Å². The van der Waals surface area contributed by atoms with E-state index in [-0.39, 0.29) is 5.91 Å². The van der Waals surface area contributed by atoms with Crippen molar-refractivity contribution in [1.82, 2.24) is 15.1 Å². The maximum absolute atomic E-state index is 12.9. The van der Waals surface area contributed by atoms with Crippen molar-refractivity contribution < 1.29 is 4.79 Å². The Hall–Kier alpha value is -3.11. The van der Waals surface area contributed by atoms with Gasteiger partial charge in [0.25, 0.3) is 5.91 Å². The summed E-state index contributed by atoms with van der Waals surface area (Å²) in [6, 6.07) is 28.1. The number of piperazine rings is 1. The van der Waals surface area contributed by atoms with Crippen LogP contribution in [0.2, 0.25) is 0 Å². The Morgan fingerprint density at radius 3 is 2.26 bits per heavy atom. The van der Waals surface area contributed by atoms with Crippen LogP contribution < -0.4 is 5.32 Å². The molecular formula is C28H30N4OS. The minimum Gasteiger partial charge on any atom is -0.351 e. The molecule has 6 heteroatoms. The van der Waals surface area contributed by atoms with Gasteiger partial charge in [-0.25, -0.2) is 0 Å². The van der Waals surface area contributed by atoms with Gasteiger partial charge >= 0.3 is 0 Å². The number of amides is 1. The van der Waals surface area contributed by atoms with Crippen molar-refractivity contribution in [1.29, 1.82) is 5.26 Å². The second-order valence-corrected chi connectivity index (χ2v) is 9.47. The van der Waals surface area contributed by atoms with Crippen molar-refractivity contribution in [3.8, 4) is 6.07 Å². The third kappa shape index (κ3) is 6.94. The molecule has 0 unspecified atom stereocenters. The molecule has 1 aliphatic rings. The van der Waals surface area contributed by atoms with Crippen molar-refractivity contribution in [2.45, 2.75) is 17.2 Å². The molecule has 5 nitrogen and oxygen atoms in total. The van der Waals surface area contributed by atoms with Crippen LogP contribution in [0.15, 0.2) is 83.8 Å². The van der Waals surface area contributed by atoms with Crippen LogP contribution in [0.5, 0.6) is 0 Å². The van der Waals surface area contributed by atoms with Crippen molar-refractivity contribution in [3.63, 3.8) is 0 Å². The summed E-state index contributed by atoms with van der Waals surface area (Å²) in [7, 11) is 0. The minimum atomic E-state index is -0.0226. The molecule has 1 aliphatic heterocycles. The van der Waals surface area contributed by atoms with Crippen molar-refractivity contribution in [2.75, 3.05) is 39.3 Å². The van der Waals surface area contributed by atoms with Crippen LogP contribution in [-0.2, 0) is 12.3 Å². The Kier molecular flexibility index (Phi) is 8.75. The monoisotopic (exact) mass is 470 g/mol. The molecule has 1 amide bonds. The summed E-state index contributed by atoms with van der Waals surface area (Å²) >= 11 is 1.64. The molecule has 1 saturated heterocycles. The highest BCUT2D eigenvalue weighted by Crippen LogP contribution is 2.26. The van der Waals surface area contributed by atoms with Gasteiger partial charge in [-0.1, -0.05) is 54.6 Å². The van der Waals surface area contributed by atoms with E-state index in [4.69, 9.17) is 5.26 Å². The van der Waals surface area contributed by atoms with Crippen LogP contribution in [0.1, 0.15) is 27.0 Å². The van der Waals surface area contributed by atoms with Crippen molar-refractivity contribution in [2.24, 2.45) is 0 Å². The molecule has 1 N–H and O–H groups in total.